The van der Waals surface area contributed by atoms with Gasteiger partial charge in [0.25, 0.3) is 5.91 Å². The van der Waals surface area contributed by atoms with E-state index >= 15 is 0 Å². The van der Waals surface area contributed by atoms with Crippen molar-refractivity contribution in [3.05, 3.63) is 57.8 Å². The summed E-state index contributed by atoms with van der Waals surface area (Å²) in [6, 6.07) is 4.56. The fourth-order valence-electron chi connectivity index (χ4n) is 2.45. The predicted molar refractivity (Wildman–Crippen MR) is 108 cm³/mol. The van der Waals surface area contributed by atoms with Gasteiger partial charge in [0, 0.05) is 17.4 Å². The van der Waals surface area contributed by atoms with E-state index in [1.54, 1.807) is 13.0 Å². The van der Waals surface area contributed by atoms with Gasteiger partial charge in [-0.1, -0.05) is 11.6 Å². The molecule has 1 atom stereocenters. The zero-order chi connectivity index (χ0) is 22.8. The number of carbonyl (C=O) groups excluding carboxylic acids is 2. The van der Waals surface area contributed by atoms with Gasteiger partial charge in [-0.15, -0.1) is 11.3 Å². The molecular weight excluding hydrogens is 457 g/mol. The largest absolute Gasteiger partial charge is 0.448 e. The predicted octanol–water partition coefficient (Wildman–Crippen LogP) is 4.76. The monoisotopic (exact) mass is 470 g/mol. The summed E-state index contributed by atoms with van der Waals surface area (Å²) in [5.74, 6) is -1.45. The van der Waals surface area contributed by atoms with Gasteiger partial charge in [0.1, 0.15) is 4.88 Å². The lowest BCUT2D eigenvalue weighted by Gasteiger charge is -2.17. The topological polar surface area (TPSA) is 94.1 Å². The number of aromatic nitrogens is 3. The van der Waals surface area contributed by atoms with Crippen LogP contribution < -0.4 is 5.32 Å². The molecule has 2 aromatic heterocycles. The van der Waals surface area contributed by atoms with Gasteiger partial charge in [0.15, 0.2) is 16.9 Å². The molecule has 0 aliphatic heterocycles. The highest BCUT2D eigenvalue weighted by molar-refractivity contribution is 7.16. The van der Waals surface area contributed by atoms with Crippen LogP contribution in [0.2, 0.25) is 5.02 Å². The number of nitrogens with zero attached hydrogens (tertiary/aromatic N) is 3. The Hall–Kier alpha value is -3.05. The lowest BCUT2D eigenvalue weighted by atomic mass is 10.1. The molecule has 0 saturated heterocycles. The van der Waals surface area contributed by atoms with Crippen molar-refractivity contribution in [2.45, 2.75) is 26.1 Å². The second-order valence-electron chi connectivity index (χ2n) is 6.23. The number of aryl methyl sites for hydroxylation is 1. The highest BCUT2D eigenvalue weighted by atomic mass is 35.5. The number of alkyl halides is 3. The summed E-state index contributed by atoms with van der Waals surface area (Å²) in [4.78, 5) is 37.3. The van der Waals surface area contributed by atoms with Crippen LogP contribution in [0.1, 0.15) is 27.9 Å². The zero-order valence-corrected chi connectivity index (χ0v) is 17.6. The van der Waals surface area contributed by atoms with Gasteiger partial charge in [-0.3, -0.25) is 4.79 Å². The molecule has 12 heteroatoms. The van der Waals surface area contributed by atoms with Gasteiger partial charge in [-0.05, 0) is 38.1 Å². The highest BCUT2D eigenvalue weighted by Crippen LogP contribution is 2.36. The Balaban J connectivity index is 1.72. The molecule has 1 amide bonds. The molecule has 0 fully saturated rings. The normalized spacial score (nSPS) is 12.3. The third kappa shape index (κ3) is 5.36. The minimum atomic E-state index is -4.73. The first-order valence-electron chi connectivity index (χ1n) is 8.69. The molecule has 0 aliphatic carbocycles. The smallest absolute Gasteiger partial charge is 0.418 e. The first kappa shape index (κ1) is 22.6. The Morgan fingerprint density at radius 1 is 1.23 bits per heavy atom. The molecule has 31 heavy (non-hydrogen) atoms. The number of hydrogen-bond donors (Lipinski definition) is 1. The van der Waals surface area contributed by atoms with E-state index < -0.39 is 35.4 Å². The van der Waals surface area contributed by atoms with E-state index in [-0.39, 0.29) is 9.90 Å². The molecule has 0 radical (unpaired) electrons. The zero-order valence-electron chi connectivity index (χ0n) is 16.0. The molecule has 0 saturated carbocycles. The molecular formula is C19H14ClF3N4O3S. The number of halogens is 4. The maximum Gasteiger partial charge on any atom is 0.418 e. The van der Waals surface area contributed by atoms with Crippen molar-refractivity contribution in [1.82, 2.24) is 15.0 Å². The van der Waals surface area contributed by atoms with Crippen LogP contribution in [0, 0.1) is 6.92 Å². The summed E-state index contributed by atoms with van der Waals surface area (Å²) in [6.45, 7) is 2.82. The van der Waals surface area contributed by atoms with Crippen LogP contribution in [0.3, 0.4) is 0 Å². The molecule has 0 spiro atoms. The average molecular weight is 471 g/mol. The maximum absolute atomic E-state index is 13.2. The number of anilines is 1. The number of esters is 1. The fourth-order valence-corrected chi connectivity index (χ4v) is 3.52. The van der Waals surface area contributed by atoms with Crippen LogP contribution in [-0.4, -0.2) is 32.9 Å². The summed E-state index contributed by atoms with van der Waals surface area (Å²) in [5.41, 5.74) is -1.26. The number of ether oxygens (including phenoxy) is 1. The van der Waals surface area contributed by atoms with Crippen LogP contribution in [0.4, 0.5) is 18.9 Å². The average Bonchev–Trinajstić information content (AvgIpc) is 3.11. The molecule has 3 aromatic rings. The molecule has 0 aliphatic rings. The number of amides is 1. The minimum absolute atomic E-state index is 0.129. The Morgan fingerprint density at radius 2 is 1.90 bits per heavy atom. The van der Waals surface area contributed by atoms with Gasteiger partial charge in [-0.25, -0.2) is 19.7 Å². The van der Waals surface area contributed by atoms with Crippen molar-refractivity contribution in [3.63, 3.8) is 0 Å². The van der Waals surface area contributed by atoms with Crippen molar-refractivity contribution < 1.29 is 27.5 Å². The Morgan fingerprint density at radius 3 is 2.55 bits per heavy atom. The van der Waals surface area contributed by atoms with Crippen LogP contribution in [0.25, 0.3) is 10.8 Å². The van der Waals surface area contributed by atoms with Crippen molar-refractivity contribution in [2.75, 3.05) is 5.32 Å². The number of rotatable bonds is 5. The number of carbonyl (C=O) groups is 2. The van der Waals surface area contributed by atoms with E-state index in [0.717, 1.165) is 17.4 Å². The molecule has 7 nitrogen and oxygen atoms in total. The quantitative estimate of drug-likeness (QED) is 0.540. The van der Waals surface area contributed by atoms with Gasteiger partial charge < -0.3 is 10.1 Å². The Kier molecular flexibility index (Phi) is 6.56. The van der Waals surface area contributed by atoms with Crippen LogP contribution in [-0.2, 0) is 15.7 Å². The van der Waals surface area contributed by atoms with Crippen molar-refractivity contribution in [2.24, 2.45) is 0 Å². The van der Waals surface area contributed by atoms with E-state index in [9.17, 15) is 22.8 Å². The van der Waals surface area contributed by atoms with E-state index in [1.165, 1.54) is 25.4 Å². The van der Waals surface area contributed by atoms with Gasteiger partial charge >= 0.3 is 12.1 Å². The van der Waals surface area contributed by atoms with E-state index in [1.807, 2.05) is 0 Å². The number of thiazole rings is 1. The third-order valence-electron chi connectivity index (χ3n) is 3.94. The molecule has 1 unspecified atom stereocenters. The summed E-state index contributed by atoms with van der Waals surface area (Å²) < 4.78 is 44.7. The number of hydrogen-bond acceptors (Lipinski definition) is 7. The Labute approximate surface area is 183 Å². The van der Waals surface area contributed by atoms with Crippen molar-refractivity contribution in [1.29, 1.82) is 0 Å². The fraction of sp³-hybridized carbons (Fsp3) is 0.211. The maximum atomic E-state index is 13.2. The lowest BCUT2D eigenvalue weighted by Crippen LogP contribution is -2.30. The molecule has 162 valence electrons. The first-order valence-corrected chi connectivity index (χ1v) is 9.89. The summed E-state index contributed by atoms with van der Waals surface area (Å²) >= 11 is 6.60. The molecule has 0 bridgehead atoms. The molecule has 3 rings (SSSR count). The molecule has 1 N–H and O–H groups in total. The van der Waals surface area contributed by atoms with Crippen LogP contribution >= 0.6 is 22.9 Å². The minimum Gasteiger partial charge on any atom is -0.448 e. The second-order valence-corrected chi connectivity index (χ2v) is 7.67. The van der Waals surface area contributed by atoms with Crippen molar-refractivity contribution in [3.8, 4) is 10.8 Å². The van der Waals surface area contributed by atoms with Crippen LogP contribution in [0.15, 0.2) is 36.7 Å². The molecule has 2 heterocycles. The van der Waals surface area contributed by atoms with Crippen LogP contribution in [0.5, 0.6) is 0 Å². The van der Waals surface area contributed by atoms with Gasteiger partial charge in [-0.2, -0.15) is 13.2 Å². The highest BCUT2D eigenvalue weighted by Gasteiger charge is 2.35. The van der Waals surface area contributed by atoms with Crippen molar-refractivity contribution >= 4 is 40.5 Å². The van der Waals surface area contributed by atoms with Gasteiger partial charge in [0.05, 0.1) is 16.9 Å². The third-order valence-corrected chi connectivity index (χ3v) is 5.31. The first-order chi connectivity index (χ1) is 14.6. The number of nitrogens with one attached hydrogen (secondary N) is 1. The molecule has 1 aromatic carbocycles. The summed E-state index contributed by atoms with van der Waals surface area (Å²) in [6.07, 6.45) is -3.06. The van der Waals surface area contributed by atoms with E-state index in [0.29, 0.717) is 22.6 Å². The standard InChI is InChI=1S/C19H14ClF3N4O3S/c1-9-14(31-17(26-9)15-24-6-3-7-25-15)18(29)30-10(2)16(28)27-13-5-4-11(20)8-12(13)19(21,22)23/h3-8,10H,1-2H3,(H,27,28). The van der Waals surface area contributed by atoms with E-state index in [4.69, 9.17) is 16.3 Å². The lowest BCUT2D eigenvalue weighted by molar-refractivity contribution is -0.137. The Bertz CT molecular complexity index is 1120. The second kappa shape index (κ2) is 8.98. The summed E-state index contributed by atoms with van der Waals surface area (Å²) in [5, 5.41) is 2.37. The van der Waals surface area contributed by atoms with Gasteiger partial charge in [0.2, 0.25) is 0 Å². The SMILES string of the molecule is Cc1nc(-c2ncccn2)sc1C(=O)OC(C)C(=O)Nc1ccc(Cl)cc1C(F)(F)F. The number of benzene rings is 1. The van der Waals surface area contributed by atoms with E-state index in [2.05, 4.69) is 20.3 Å². The summed E-state index contributed by atoms with van der Waals surface area (Å²) in [7, 11) is 0.